The van der Waals surface area contributed by atoms with Gasteiger partial charge in [-0.15, -0.1) is 0 Å². The fraction of sp³-hybridized carbons (Fsp3) is 0.294. The number of hydrogen-bond acceptors (Lipinski definition) is 2. The maximum atomic E-state index is 9.64. The van der Waals surface area contributed by atoms with Gasteiger partial charge in [-0.25, -0.2) is 0 Å². The number of ether oxygens (including phenoxy) is 1. The van der Waals surface area contributed by atoms with Gasteiger partial charge in [-0.3, -0.25) is 0 Å². The summed E-state index contributed by atoms with van der Waals surface area (Å²) in [4.78, 5) is 0. The largest absolute Gasteiger partial charge is 0.457 e. The second-order valence-corrected chi connectivity index (χ2v) is 5.97. The maximum absolute atomic E-state index is 9.64. The van der Waals surface area contributed by atoms with Crippen LogP contribution in [-0.2, 0) is 0 Å². The highest BCUT2D eigenvalue weighted by Gasteiger charge is 2.11. The number of aryl methyl sites for hydroxylation is 2. The van der Waals surface area contributed by atoms with Gasteiger partial charge in [0.15, 0.2) is 0 Å². The normalized spacial score (nSPS) is 12.3. The summed E-state index contributed by atoms with van der Waals surface area (Å²) < 4.78 is 6.88. The third kappa shape index (κ3) is 3.05. The number of benzene rings is 2. The van der Waals surface area contributed by atoms with Crippen molar-refractivity contribution in [2.24, 2.45) is 0 Å². The van der Waals surface area contributed by atoms with Crippen molar-refractivity contribution in [3.63, 3.8) is 0 Å². The van der Waals surface area contributed by atoms with E-state index >= 15 is 0 Å². The molecule has 0 saturated carbocycles. The fourth-order valence-corrected chi connectivity index (χ4v) is 2.80. The van der Waals surface area contributed by atoms with E-state index < -0.39 is 6.10 Å². The van der Waals surface area contributed by atoms with Crippen LogP contribution in [0.5, 0.6) is 11.5 Å². The Kier molecular flexibility index (Phi) is 4.51. The molecule has 2 aromatic carbocycles. The van der Waals surface area contributed by atoms with E-state index in [0.717, 1.165) is 32.7 Å². The molecular formula is C17H19BrO2. The zero-order valence-electron chi connectivity index (χ0n) is 12.2. The van der Waals surface area contributed by atoms with E-state index in [1.54, 1.807) is 6.92 Å². The van der Waals surface area contributed by atoms with Crippen LogP contribution in [-0.4, -0.2) is 5.11 Å². The van der Waals surface area contributed by atoms with Crippen molar-refractivity contribution in [2.75, 3.05) is 0 Å². The lowest BCUT2D eigenvalue weighted by Gasteiger charge is -2.15. The van der Waals surface area contributed by atoms with Crippen LogP contribution in [0.4, 0.5) is 0 Å². The third-order valence-corrected chi connectivity index (χ3v) is 4.20. The van der Waals surface area contributed by atoms with Crippen molar-refractivity contribution in [1.82, 2.24) is 0 Å². The SMILES string of the molecule is Cc1ccc(C)c(Oc2ccc(C(C)O)c(Br)c2)c1C. The smallest absolute Gasteiger partial charge is 0.133 e. The minimum absolute atomic E-state index is 0.499. The summed E-state index contributed by atoms with van der Waals surface area (Å²) in [5, 5.41) is 9.64. The number of hydrogen-bond donors (Lipinski definition) is 1. The molecule has 1 atom stereocenters. The Morgan fingerprint density at radius 1 is 1.05 bits per heavy atom. The Bertz CT molecular complexity index is 633. The molecule has 0 spiro atoms. The monoisotopic (exact) mass is 334 g/mol. The van der Waals surface area contributed by atoms with Crippen molar-refractivity contribution >= 4 is 15.9 Å². The maximum Gasteiger partial charge on any atom is 0.133 e. The molecule has 0 aliphatic carbocycles. The van der Waals surface area contributed by atoms with Crippen LogP contribution in [0, 0.1) is 20.8 Å². The van der Waals surface area contributed by atoms with E-state index in [1.807, 2.05) is 25.1 Å². The molecule has 0 amide bonds. The molecule has 1 N–H and O–H groups in total. The second-order valence-electron chi connectivity index (χ2n) is 5.11. The van der Waals surface area contributed by atoms with Gasteiger partial charge in [-0.2, -0.15) is 0 Å². The lowest BCUT2D eigenvalue weighted by atomic mass is 10.1. The predicted octanol–water partition coefficient (Wildman–Crippen LogP) is 5.22. The lowest BCUT2D eigenvalue weighted by Crippen LogP contribution is -1.96. The molecule has 20 heavy (non-hydrogen) atoms. The van der Waals surface area contributed by atoms with Gasteiger partial charge in [0, 0.05) is 4.47 Å². The summed E-state index contributed by atoms with van der Waals surface area (Å²) in [5.41, 5.74) is 4.34. The van der Waals surface area contributed by atoms with Crippen LogP contribution in [0.3, 0.4) is 0 Å². The molecule has 2 rings (SSSR count). The summed E-state index contributed by atoms with van der Waals surface area (Å²) >= 11 is 3.47. The second kappa shape index (κ2) is 5.98. The Labute approximate surface area is 128 Å². The van der Waals surface area contributed by atoms with Gasteiger partial charge in [0.2, 0.25) is 0 Å². The zero-order chi connectivity index (χ0) is 14.9. The van der Waals surface area contributed by atoms with Gasteiger partial charge in [-0.1, -0.05) is 34.1 Å². The van der Waals surface area contributed by atoms with E-state index in [-0.39, 0.29) is 0 Å². The summed E-state index contributed by atoms with van der Waals surface area (Å²) in [6.45, 7) is 7.93. The molecule has 106 valence electrons. The van der Waals surface area contributed by atoms with Gasteiger partial charge in [-0.05, 0) is 62.1 Å². The number of aliphatic hydroxyl groups is 1. The molecule has 0 aliphatic heterocycles. The first-order chi connectivity index (χ1) is 9.40. The van der Waals surface area contributed by atoms with Crippen molar-refractivity contribution in [1.29, 1.82) is 0 Å². The van der Waals surface area contributed by atoms with Crippen LogP contribution in [0.1, 0.15) is 35.3 Å². The highest BCUT2D eigenvalue weighted by atomic mass is 79.9. The molecule has 1 unspecified atom stereocenters. The van der Waals surface area contributed by atoms with Crippen LogP contribution >= 0.6 is 15.9 Å². The number of halogens is 1. The molecule has 0 fully saturated rings. The quantitative estimate of drug-likeness (QED) is 0.833. The summed E-state index contributed by atoms with van der Waals surface area (Å²) in [6, 6.07) is 9.82. The van der Waals surface area contributed by atoms with E-state index in [1.165, 1.54) is 5.56 Å². The number of aliphatic hydroxyl groups excluding tert-OH is 1. The van der Waals surface area contributed by atoms with Crippen molar-refractivity contribution in [3.8, 4) is 11.5 Å². The molecule has 0 radical (unpaired) electrons. The Morgan fingerprint density at radius 2 is 1.70 bits per heavy atom. The highest BCUT2D eigenvalue weighted by Crippen LogP contribution is 2.33. The molecule has 0 bridgehead atoms. The minimum Gasteiger partial charge on any atom is -0.457 e. The first kappa shape index (κ1) is 15.1. The Balaban J connectivity index is 2.36. The van der Waals surface area contributed by atoms with Gasteiger partial charge in [0.05, 0.1) is 6.10 Å². The molecule has 0 aromatic heterocycles. The van der Waals surface area contributed by atoms with E-state index in [4.69, 9.17) is 4.74 Å². The average molecular weight is 335 g/mol. The standard InChI is InChI=1S/C17H19BrO2/c1-10-5-6-11(2)17(12(10)3)20-14-7-8-15(13(4)19)16(18)9-14/h5-9,13,19H,1-4H3. The summed E-state index contributed by atoms with van der Waals surface area (Å²) in [5.74, 6) is 1.67. The van der Waals surface area contributed by atoms with Gasteiger partial charge >= 0.3 is 0 Å². The summed E-state index contributed by atoms with van der Waals surface area (Å²) in [6.07, 6.45) is -0.499. The molecule has 0 saturated heterocycles. The van der Waals surface area contributed by atoms with Crippen molar-refractivity contribution in [2.45, 2.75) is 33.8 Å². The summed E-state index contributed by atoms with van der Waals surface area (Å²) in [7, 11) is 0. The molecule has 2 aromatic rings. The predicted molar refractivity (Wildman–Crippen MR) is 85.5 cm³/mol. The van der Waals surface area contributed by atoms with Crippen molar-refractivity contribution in [3.05, 3.63) is 57.1 Å². The third-order valence-electron chi connectivity index (χ3n) is 3.52. The first-order valence-electron chi connectivity index (χ1n) is 6.62. The lowest BCUT2D eigenvalue weighted by molar-refractivity contribution is 0.198. The van der Waals surface area contributed by atoms with Gasteiger partial charge in [0.25, 0.3) is 0 Å². The highest BCUT2D eigenvalue weighted by molar-refractivity contribution is 9.10. The first-order valence-corrected chi connectivity index (χ1v) is 7.41. The Morgan fingerprint density at radius 3 is 2.30 bits per heavy atom. The molecular weight excluding hydrogens is 316 g/mol. The zero-order valence-corrected chi connectivity index (χ0v) is 13.8. The minimum atomic E-state index is -0.499. The van der Waals surface area contributed by atoms with Crippen molar-refractivity contribution < 1.29 is 9.84 Å². The van der Waals surface area contributed by atoms with Crippen LogP contribution in [0.2, 0.25) is 0 Å². The Hall–Kier alpha value is -1.32. The van der Waals surface area contributed by atoms with Gasteiger partial charge < -0.3 is 9.84 Å². The topological polar surface area (TPSA) is 29.5 Å². The van der Waals surface area contributed by atoms with E-state index in [0.29, 0.717) is 0 Å². The van der Waals surface area contributed by atoms with Gasteiger partial charge in [0.1, 0.15) is 11.5 Å². The number of rotatable bonds is 3. The molecule has 3 heteroatoms. The van der Waals surface area contributed by atoms with E-state index in [2.05, 4.69) is 41.9 Å². The molecule has 0 heterocycles. The van der Waals surface area contributed by atoms with Crippen LogP contribution in [0.25, 0.3) is 0 Å². The fourth-order valence-electron chi connectivity index (χ4n) is 2.11. The van der Waals surface area contributed by atoms with Crippen LogP contribution in [0.15, 0.2) is 34.8 Å². The average Bonchev–Trinajstić information content (AvgIpc) is 2.39. The van der Waals surface area contributed by atoms with E-state index in [9.17, 15) is 5.11 Å². The molecule has 2 nitrogen and oxygen atoms in total. The molecule has 0 aliphatic rings. The van der Waals surface area contributed by atoms with Crippen LogP contribution < -0.4 is 4.74 Å².